The number of nitrogens with zero attached hydrogens (tertiary/aromatic N) is 2. The monoisotopic (exact) mass is 323 g/mol. The van der Waals surface area contributed by atoms with Crippen LogP contribution in [-0.2, 0) is 0 Å². The van der Waals surface area contributed by atoms with E-state index in [1.807, 2.05) is 31.2 Å². The Balaban J connectivity index is 1.47. The van der Waals surface area contributed by atoms with E-state index in [0.29, 0.717) is 36.0 Å². The predicted molar refractivity (Wildman–Crippen MR) is 88.7 cm³/mol. The van der Waals surface area contributed by atoms with Gasteiger partial charge in [0.25, 0.3) is 5.91 Å². The number of carbonyl (C=O) groups is 1. The van der Waals surface area contributed by atoms with E-state index >= 15 is 0 Å². The number of furan rings is 1. The van der Waals surface area contributed by atoms with Gasteiger partial charge in [-0.3, -0.25) is 4.79 Å². The Bertz CT molecular complexity index is 799. The zero-order valence-corrected chi connectivity index (χ0v) is 13.2. The van der Waals surface area contributed by atoms with Crippen molar-refractivity contribution in [1.29, 1.82) is 0 Å². The number of aromatic nitrogens is 2. The Labute approximate surface area is 139 Å². The van der Waals surface area contributed by atoms with Gasteiger partial charge < -0.3 is 14.5 Å². The first-order valence-corrected chi connectivity index (χ1v) is 7.58. The molecular formula is C18H17N3O3. The number of rotatable bonds is 6. The predicted octanol–water partition coefficient (Wildman–Crippen LogP) is 2.85. The third-order valence-electron chi connectivity index (χ3n) is 3.44. The highest BCUT2D eigenvalue weighted by molar-refractivity contribution is 5.95. The van der Waals surface area contributed by atoms with Crippen LogP contribution in [-0.4, -0.2) is 29.3 Å². The number of carbonyl (C=O) groups excluding carboxylic acids is 1. The second-order valence-corrected chi connectivity index (χ2v) is 5.15. The first kappa shape index (κ1) is 15.7. The maximum absolute atomic E-state index is 12.0. The number of nitrogens with one attached hydrogen (secondary N) is 1. The van der Waals surface area contributed by atoms with Crippen molar-refractivity contribution >= 4 is 5.91 Å². The van der Waals surface area contributed by atoms with Crippen LogP contribution in [0.1, 0.15) is 15.9 Å². The van der Waals surface area contributed by atoms with Crippen molar-refractivity contribution in [2.75, 3.05) is 13.2 Å². The van der Waals surface area contributed by atoms with Crippen molar-refractivity contribution in [1.82, 2.24) is 15.5 Å². The van der Waals surface area contributed by atoms with E-state index < -0.39 is 0 Å². The molecule has 0 aliphatic rings. The van der Waals surface area contributed by atoms with Gasteiger partial charge in [-0.25, -0.2) is 0 Å². The molecule has 6 nitrogen and oxygen atoms in total. The third-order valence-corrected chi connectivity index (χ3v) is 3.44. The minimum atomic E-state index is -0.115. The fourth-order valence-electron chi connectivity index (χ4n) is 2.20. The van der Waals surface area contributed by atoms with E-state index in [4.69, 9.17) is 9.15 Å². The largest absolute Gasteiger partial charge is 0.475 e. The Morgan fingerprint density at radius 3 is 2.71 bits per heavy atom. The highest BCUT2D eigenvalue weighted by Crippen LogP contribution is 2.17. The molecule has 0 spiro atoms. The second-order valence-electron chi connectivity index (χ2n) is 5.15. The zero-order chi connectivity index (χ0) is 16.8. The van der Waals surface area contributed by atoms with Crippen molar-refractivity contribution in [3.8, 4) is 17.3 Å². The molecule has 3 aromatic rings. The summed E-state index contributed by atoms with van der Waals surface area (Å²) in [6, 6.07) is 14.5. The summed E-state index contributed by atoms with van der Waals surface area (Å²) in [4.78, 5) is 12.0. The standard InChI is InChI=1S/C18H17N3O3/c1-13-5-2-3-6-14(13)18(22)19-10-12-24-17-9-8-15(20-21-17)16-7-4-11-23-16/h2-9,11H,10,12H2,1H3,(H,19,22). The second kappa shape index (κ2) is 7.41. The number of hydrogen-bond donors (Lipinski definition) is 1. The topological polar surface area (TPSA) is 77.2 Å². The van der Waals surface area contributed by atoms with Crippen LogP contribution in [0.15, 0.2) is 59.2 Å². The summed E-state index contributed by atoms with van der Waals surface area (Å²) in [6.45, 7) is 2.60. The number of hydrogen-bond acceptors (Lipinski definition) is 5. The Morgan fingerprint density at radius 1 is 1.12 bits per heavy atom. The van der Waals surface area contributed by atoms with E-state index in [1.165, 1.54) is 0 Å². The highest BCUT2D eigenvalue weighted by atomic mass is 16.5. The van der Waals surface area contributed by atoms with Crippen molar-refractivity contribution in [2.24, 2.45) is 0 Å². The molecule has 1 N–H and O–H groups in total. The minimum Gasteiger partial charge on any atom is -0.475 e. The Kier molecular flexibility index (Phi) is 4.86. The van der Waals surface area contributed by atoms with E-state index in [9.17, 15) is 4.79 Å². The summed E-state index contributed by atoms with van der Waals surface area (Å²) in [6.07, 6.45) is 1.58. The SMILES string of the molecule is Cc1ccccc1C(=O)NCCOc1ccc(-c2ccco2)nn1. The van der Waals surface area contributed by atoms with Gasteiger partial charge in [0.15, 0.2) is 5.76 Å². The van der Waals surface area contributed by atoms with Gasteiger partial charge in [-0.05, 0) is 36.8 Å². The van der Waals surface area contributed by atoms with Crippen molar-refractivity contribution in [3.05, 3.63) is 65.9 Å². The molecular weight excluding hydrogens is 306 g/mol. The van der Waals surface area contributed by atoms with Crippen molar-refractivity contribution in [2.45, 2.75) is 6.92 Å². The zero-order valence-electron chi connectivity index (χ0n) is 13.2. The van der Waals surface area contributed by atoms with Gasteiger partial charge >= 0.3 is 0 Å². The molecule has 1 amide bonds. The molecule has 0 unspecified atom stereocenters. The van der Waals surface area contributed by atoms with Crippen molar-refractivity contribution in [3.63, 3.8) is 0 Å². The average molecular weight is 323 g/mol. The fourth-order valence-corrected chi connectivity index (χ4v) is 2.20. The molecule has 2 aromatic heterocycles. The molecule has 122 valence electrons. The average Bonchev–Trinajstić information content (AvgIpc) is 3.14. The molecule has 24 heavy (non-hydrogen) atoms. The molecule has 0 aliphatic heterocycles. The third kappa shape index (κ3) is 3.78. The number of benzene rings is 1. The molecule has 1 aromatic carbocycles. The van der Waals surface area contributed by atoms with E-state index in [-0.39, 0.29) is 5.91 Å². The summed E-state index contributed by atoms with van der Waals surface area (Å²) in [5.74, 6) is 0.936. The summed E-state index contributed by atoms with van der Waals surface area (Å²) < 4.78 is 10.7. The van der Waals surface area contributed by atoms with E-state index in [0.717, 1.165) is 5.56 Å². The Morgan fingerprint density at radius 2 is 2.00 bits per heavy atom. The molecule has 0 aliphatic carbocycles. The summed E-state index contributed by atoms with van der Waals surface area (Å²) >= 11 is 0. The van der Waals surface area contributed by atoms with Gasteiger partial charge in [0.05, 0.1) is 12.8 Å². The van der Waals surface area contributed by atoms with Gasteiger partial charge in [-0.1, -0.05) is 18.2 Å². The van der Waals surface area contributed by atoms with Crippen LogP contribution in [0.5, 0.6) is 5.88 Å². The molecule has 0 saturated heterocycles. The molecule has 0 atom stereocenters. The quantitative estimate of drug-likeness (QED) is 0.706. The maximum atomic E-state index is 12.0. The molecule has 2 heterocycles. The van der Waals surface area contributed by atoms with Crippen molar-refractivity contribution < 1.29 is 13.9 Å². The molecule has 0 saturated carbocycles. The van der Waals surface area contributed by atoms with E-state index in [2.05, 4.69) is 15.5 Å². The highest BCUT2D eigenvalue weighted by Gasteiger charge is 2.07. The van der Waals surface area contributed by atoms with Crippen LogP contribution in [0.3, 0.4) is 0 Å². The lowest BCUT2D eigenvalue weighted by molar-refractivity contribution is 0.0946. The molecule has 3 rings (SSSR count). The van der Waals surface area contributed by atoms with Gasteiger partial charge in [0.2, 0.25) is 5.88 Å². The molecule has 0 bridgehead atoms. The van der Waals surface area contributed by atoms with Crippen LogP contribution in [0.4, 0.5) is 0 Å². The lowest BCUT2D eigenvalue weighted by atomic mass is 10.1. The van der Waals surface area contributed by atoms with Gasteiger partial charge in [-0.15, -0.1) is 10.2 Å². The van der Waals surface area contributed by atoms with Crippen LogP contribution in [0.25, 0.3) is 11.5 Å². The number of aryl methyl sites for hydroxylation is 1. The van der Waals surface area contributed by atoms with Gasteiger partial charge in [0, 0.05) is 11.6 Å². The molecule has 0 fully saturated rings. The Hall–Kier alpha value is -3.15. The van der Waals surface area contributed by atoms with Gasteiger partial charge in [0.1, 0.15) is 12.3 Å². The van der Waals surface area contributed by atoms with Crippen LogP contribution in [0, 0.1) is 6.92 Å². The molecule has 6 heteroatoms. The minimum absolute atomic E-state index is 0.115. The van der Waals surface area contributed by atoms with Crippen LogP contribution >= 0.6 is 0 Å². The lowest BCUT2D eigenvalue weighted by Gasteiger charge is -2.08. The summed E-state index contributed by atoms with van der Waals surface area (Å²) in [7, 11) is 0. The van der Waals surface area contributed by atoms with Crippen LogP contribution in [0.2, 0.25) is 0 Å². The van der Waals surface area contributed by atoms with Gasteiger partial charge in [-0.2, -0.15) is 0 Å². The van der Waals surface area contributed by atoms with Crippen LogP contribution < -0.4 is 10.1 Å². The normalized spacial score (nSPS) is 10.4. The fraction of sp³-hybridized carbons (Fsp3) is 0.167. The number of ether oxygens (including phenoxy) is 1. The summed E-state index contributed by atoms with van der Waals surface area (Å²) in [5.41, 5.74) is 2.25. The molecule has 0 radical (unpaired) electrons. The number of amides is 1. The first-order chi connectivity index (χ1) is 11.7. The maximum Gasteiger partial charge on any atom is 0.251 e. The lowest BCUT2D eigenvalue weighted by Crippen LogP contribution is -2.28. The smallest absolute Gasteiger partial charge is 0.251 e. The summed E-state index contributed by atoms with van der Waals surface area (Å²) in [5, 5.41) is 10.8. The van der Waals surface area contributed by atoms with E-state index in [1.54, 1.807) is 30.5 Å². The first-order valence-electron chi connectivity index (χ1n) is 7.58.